The Kier molecular flexibility index (Phi) is 6.30. The minimum absolute atomic E-state index is 0.420. The highest BCUT2D eigenvalue weighted by Gasteiger charge is 2.05. The third-order valence-electron chi connectivity index (χ3n) is 2.01. The molecule has 0 saturated heterocycles. The molecule has 3 nitrogen and oxygen atoms in total. The van der Waals surface area contributed by atoms with Gasteiger partial charge >= 0.3 is 0 Å². The predicted octanol–water partition coefficient (Wildman–Crippen LogP) is 2.50. The van der Waals surface area contributed by atoms with E-state index in [1.54, 1.807) is 32.3 Å². The van der Waals surface area contributed by atoms with Crippen molar-refractivity contribution in [2.75, 3.05) is 7.05 Å². The Bertz CT molecular complexity index is 399. The Hall–Kier alpha value is -2.08. The molecule has 16 heavy (non-hydrogen) atoms. The van der Waals surface area contributed by atoms with Crippen LogP contribution >= 0.6 is 0 Å². The van der Waals surface area contributed by atoms with Crippen LogP contribution in [0.3, 0.4) is 0 Å². The molecule has 0 spiro atoms. The molecule has 0 amide bonds. The van der Waals surface area contributed by atoms with Gasteiger partial charge in [-0.1, -0.05) is 25.3 Å². The second kappa shape index (κ2) is 7.24. The maximum Gasteiger partial charge on any atom is 0.0988 e. The van der Waals surface area contributed by atoms with Crippen LogP contribution in [-0.4, -0.2) is 13.3 Å². The molecule has 2 N–H and O–H groups in total. The maximum atomic E-state index is 8.81. The lowest BCUT2D eigenvalue weighted by Gasteiger charge is -2.07. The van der Waals surface area contributed by atoms with Crippen molar-refractivity contribution in [3.8, 4) is 6.07 Å². The summed E-state index contributed by atoms with van der Waals surface area (Å²) in [6, 6.07) is 2.02. The molecule has 0 rings (SSSR count). The molecule has 0 radical (unpaired) electrons. The van der Waals surface area contributed by atoms with Crippen molar-refractivity contribution >= 4 is 6.21 Å². The van der Waals surface area contributed by atoms with Gasteiger partial charge < -0.3 is 5.73 Å². The summed E-state index contributed by atoms with van der Waals surface area (Å²) in [6.45, 7) is 9.09. The molecule has 0 aromatic carbocycles. The van der Waals surface area contributed by atoms with Crippen molar-refractivity contribution in [1.82, 2.24) is 0 Å². The second-order valence-corrected chi connectivity index (χ2v) is 3.29. The molecule has 0 aliphatic rings. The molecular weight excluding hydrogens is 198 g/mol. The largest absolute Gasteiger partial charge is 0.402 e. The topological polar surface area (TPSA) is 62.2 Å². The van der Waals surface area contributed by atoms with Gasteiger partial charge in [0.25, 0.3) is 0 Å². The summed E-state index contributed by atoms with van der Waals surface area (Å²) in [5, 5.41) is 8.81. The molecule has 0 aliphatic carbocycles. The van der Waals surface area contributed by atoms with E-state index in [2.05, 4.69) is 18.2 Å². The molecule has 0 aromatic heterocycles. The molecule has 3 heteroatoms. The molecule has 0 fully saturated rings. The molecule has 0 unspecified atom stereocenters. The number of rotatable bonds is 5. The molecule has 0 aliphatic heterocycles. The van der Waals surface area contributed by atoms with E-state index in [1.165, 1.54) is 0 Å². The van der Waals surface area contributed by atoms with E-state index >= 15 is 0 Å². The first-order chi connectivity index (χ1) is 7.56. The van der Waals surface area contributed by atoms with Gasteiger partial charge in [0.2, 0.25) is 0 Å². The van der Waals surface area contributed by atoms with Crippen molar-refractivity contribution in [1.29, 1.82) is 5.26 Å². The third-order valence-corrected chi connectivity index (χ3v) is 2.01. The first-order valence-electron chi connectivity index (χ1n) is 4.85. The highest BCUT2D eigenvalue weighted by atomic mass is 14.6. The van der Waals surface area contributed by atoms with Crippen LogP contribution < -0.4 is 5.73 Å². The molecule has 0 bridgehead atoms. The molecule has 0 heterocycles. The highest BCUT2D eigenvalue weighted by molar-refractivity contribution is 5.80. The number of hydrogen-bond acceptors (Lipinski definition) is 3. The zero-order valence-corrected chi connectivity index (χ0v) is 9.83. The van der Waals surface area contributed by atoms with Crippen LogP contribution in [0, 0.1) is 11.3 Å². The van der Waals surface area contributed by atoms with Gasteiger partial charge in [-0.15, -0.1) is 0 Å². The maximum absolute atomic E-state index is 8.81. The Morgan fingerprint density at radius 2 is 2.19 bits per heavy atom. The van der Waals surface area contributed by atoms with Gasteiger partial charge in [0.15, 0.2) is 0 Å². The zero-order valence-electron chi connectivity index (χ0n) is 9.83. The zero-order chi connectivity index (χ0) is 12.6. The van der Waals surface area contributed by atoms with Crippen molar-refractivity contribution in [3.05, 3.63) is 47.7 Å². The van der Waals surface area contributed by atoms with Gasteiger partial charge in [-0.25, -0.2) is 0 Å². The number of aliphatic imine (C=N–C) groups is 1. The van der Waals surface area contributed by atoms with Gasteiger partial charge in [-0.3, -0.25) is 4.99 Å². The van der Waals surface area contributed by atoms with Crippen LogP contribution in [0.4, 0.5) is 0 Å². The van der Waals surface area contributed by atoms with E-state index < -0.39 is 0 Å². The number of allylic oxidation sites excluding steroid dienone is 6. The van der Waals surface area contributed by atoms with Crippen LogP contribution in [0.2, 0.25) is 0 Å². The van der Waals surface area contributed by atoms with Gasteiger partial charge in [0.05, 0.1) is 6.07 Å². The van der Waals surface area contributed by atoms with Crippen LogP contribution in [0.1, 0.15) is 13.3 Å². The van der Waals surface area contributed by atoms with E-state index in [0.717, 1.165) is 11.1 Å². The van der Waals surface area contributed by atoms with Crippen molar-refractivity contribution in [2.24, 2.45) is 10.7 Å². The molecule has 0 aromatic rings. The summed E-state index contributed by atoms with van der Waals surface area (Å²) < 4.78 is 0. The molecule has 0 atom stereocenters. The van der Waals surface area contributed by atoms with E-state index in [9.17, 15) is 0 Å². The molecule has 84 valence electrons. The quantitative estimate of drug-likeness (QED) is 0.435. The van der Waals surface area contributed by atoms with Crippen molar-refractivity contribution < 1.29 is 0 Å². The number of nitrogens with zero attached hydrogens (tertiary/aromatic N) is 2. The van der Waals surface area contributed by atoms with Gasteiger partial charge in [-0.05, 0) is 18.1 Å². The average molecular weight is 215 g/mol. The molecule has 0 saturated carbocycles. The van der Waals surface area contributed by atoms with Crippen molar-refractivity contribution in [3.63, 3.8) is 0 Å². The summed E-state index contributed by atoms with van der Waals surface area (Å²) in [7, 11) is 1.68. The summed E-state index contributed by atoms with van der Waals surface area (Å²) >= 11 is 0. The van der Waals surface area contributed by atoms with E-state index in [4.69, 9.17) is 11.0 Å². The highest BCUT2D eigenvalue weighted by Crippen LogP contribution is 2.18. The number of nitriles is 1. The fraction of sp³-hybridized carbons (Fsp3) is 0.231. The SMILES string of the molecule is C=C/C=C(/C/C(C=NC)=C(\C)N)C(=C)C#N. The van der Waals surface area contributed by atoms with Crippen LogP contribution in [0.25, 0.3) is 0 Å². The first-order valence-corrected chi connectivity index (χ1v) is 4.85. The van der Waals surface area contributed by atoms with E-state index in [0.29, 0.717) is 17.7 Å². The van der Waals surface area contributed by atoms with Crippen LogP contribution in [-0.2, 0) is 0 Å². The Labute approximate surface area is 97.0 Å². The van der Waals surface area contributed by atoms with Gasteiger partial charge in [0, 0.05) is 31.0 Å². The summed E-state index contributed by atoms with van der Waals surface area (Å²) in [5.74, 6) is 0. The first kappa shape index (κ1) is 13.9. The lowest BCUT2D eigenvalue weighted by atomic mass is 9.99. The minimum atomic E-state index is 0.420. The molecular formula is C13H17N3. The lowest BCUT2D eigenvalue weighted by Crippen LogP contribution is -2.02. The van der Waals surface area contributed by atoms with Gasteiger partial charge in [0.1, 0.15) is 0 Å². The fourth-order valence-corrected chi connectivity index (χ4v) is 1.13. The Morgan fingerprint density at radius 3 is 2.56 bits per heavy atom. The second-order valence-electron chi connectivity index (χ2n) is 3.29. The average Bonchev–Trinajstić information content (AvgIpc) is 2.26. The Morgan fingerprint density at radius 1 is 1.56 bits per heavy atom. The Balaban J connectivity index is 5.12. The summed E-state index contributed by atoms with van der Waals surface area (Å²) in [6.07, 6.45) is 5.62. The van der Waals surface area contributed by atoms with E-state index in [1.807, 2.05) is 6.07 Å². The number of hydrogen-bond donors (Lipinski definition) is 1. The minimum Gasteiger partial charge on any atom is -0.402 e. The third kappa shape index (κ3) is 4.43. The van der Waals surface area contributed by atoms with Crippen LogP contribution in [0.15, 0.2) is 52.7 Å². The standard InChI is InChI=1S/C13H17N3/c1-5-6-12(10(2)8-14)7-13(9-16-4)11(3)15/h5-6,9H,1-2,7,15H2,3-4H3/b12-6-,13-11-,16-9?. The fourth-order valence-electron chi connectivity index (χ4n) is 1.13. The van der Waals surface area contributed by atoms with Crippen molar-refractivity contribution in [2.45, 2.75) is 13.3 Å². The summed E-state index contributed by atoms with van der Waals surface area (Å²) in [5.41, 5.74) is 8.52. The number of nitrogens with two attached hydrogens (primary N) is 1. The van der Waals surface area contributed by atoms with Gasteiger partial charge in [-0.2, -0.15) is 5.26 Å². The normalized spacial score (nSPS) is 13.2. The monoisotopic (exact) mass is 215 g/mol. The predicted molar refractivity (Wildman–Crippen MR) is 69.0 cm³/mol. The lowest BCUT2D eigenvalue weighted by molar-refractivity contribution is 1.14. The summed E-state index contributed by atoms with van der Waals surface area (Å²) in [4.78, 5) is 3.93. The van der Waals surface area contributed by atoms with Crippen LogP contribution in [0.5, 0.6) is 0 Å². The van der Waals surface area contributed by atoms with E-state index in [-0.39, 0.29) is 0 Å². The smallest absolute Gasteiger partial charge is 0.0988 e.